The van der Waals surface area contributed by atoms with Crippen molar-refractivity contribution in [2.75, 3.05) is 11.2 Å². The maximum atomic E-state index is 5.75. The van der Waals surface area contributed by atoms with Gasteiger partial charge in [-0.1, -0.05) is 18.2 Å². The average molecular weight is 222 g/mol. The first-order chi connectivity index (χ1) is 7.31. The lowest BCUT2D eigenvalue weighted by Gasteiger charge is -2.13. The summed E-state index contributed by atoms with van der Waals surface area (Å²) in [6, 6.07) is 8.12. The van der Waals surface area contributed by atoms with Gasteiger partial charge in [-0.15, -0.1) is 11.6 Å². The Hall–Kier alpha value is -1.35. The van der Waals surface area contributed by atoms with Gasteiger partial charge in [-0.25, -0.2) is 0 Å². The van der Waals surface area contributed by atoms with Crippen molar-refractivity contribution in [2.45, 2.75) is 13.0 Å². The smallest absolute Gasteiger partial charge is 0.0950 e. The number of halogens is 1. The molecule has 0 amide bonds. The molecule has 2 rings (SSSR count). The number of aromatic nitrogens is 2. The highest BCUT2D eigenvalue weighted by Crippen LogP contribution is 2.20. The summed E-state index contributed by atoms with van der Waals surface area (Å²) in [6.07, 6.45) is 1.73. The van der Waals surface area contributed by atoms with Crippen LogP contribution in [0.25, 0.3) is 10.9 Å². The van der Waals surface area contributed by atoms with Gasteiger partial charge in [-0.05, 0) is 13.0 Å². The molecule has 0 bridgehead atoms. The van der Waals surface area contributed by atoms with Crippen molar-refractivity contribution < 1.29 is 0 Å². The molecule has 4 heteroatoms. The van der Waals surface area contributed by atoms with Crippen LogP contribution < -0.4 is 5.32 Å². The van der Waals surface area contributed by atoms with Crippen LogP contribution in [-0.4, -0.2) is 22.1 Å². The monoisotopic (exact) mass is 221 g/mol. The summed E-state index contributed by atoms with van der Waals surface area (Å²) in [7, 11) is 0. The molecule has 15 heavy (non-hydrogen) atoms. The molecular formula is C11H12ClN3. The molecule has 1 aromatic heterocycles. The molecular weight excluding hydrogens is 210 g/mol. The molecule has 0 fully saturated rings. The molecule has 78 valence electrons. The van der Waals surface area contributed by atoms with E-state index < -0.39 is 0 Å². The molecule has 3 nitrogen and oxygen atoms in total. The quantitative estimate of drug-likeness (QED) is 0.810. The van der Waals surface area contributed by atoms with E-state index in [1.165, 1.54) is 0 Å². The molecule has 0 spiro atoms. The normalized spacial score (nSPS) is 12.7. The summed E-state index contributed by atoms with van der Waals surface area (Å²) in [5.74, 6) is 0.566. The Morgan fingerprint density at radius 3 is 3.00 bits per heavy atom. The van der Waals surface area contributed by atoms with E-state index in [9.17, 15) is 0 Å². The van der Waals surface area contributed by atoms with Crippen LogP contribution in [0.1, 0.15) is 6.92 Å². The molecule has 0 saturated heterocycles. The fourth-order valence-electron chi connectivity index (χ4n) is 1.43. The Morgan fingerprint density at radius 2 is 2.20 bits per heavy atom. The number of fused-ring (bicyclic) bond motifs is 1. The van der Waals surface area contributed by atoms with Gasteiger partial charge in [0.1, 0.15) is 0 Å². The van der Waals surface area contributed by atoms with Gasteiger partial charge < -0.3 is 5.32 Å². The van der Waals surface area contributed by atoms with Crippen LogP contribution in [0.2, 0.25) is 0 Å². The van der Waals surface area contributed by atoms with Gasteiger partial charge >= 0.3 is 0 Å². The van der Waals surface area contributed by atoms with Crippen LogP contribution in [0.15, 0.2) is 30.5 Å². The van der Waals surface area contributed by atoms with Crippen molar-refractivity contribution in [3.05, 3.63) is 30.5 Å². The van der Waals surface area contributed by atoms with E-state index in [4.69, 9.17) is 11.6 Å². The molecule has 1 aromatic carbocycles. The van der Waals surface area contributed by atoms with E-state index in [0.29, 0.717) is 5.88 Å². The zero-order chi connectivity index (χ0) is 10.7. The summed E-state index contributed by atoms with van der Waals surface area (Å²) in [5, 5.41) is 12.4. The van der Waals surface area contributed by atoms with Crippen molar-refractivity contribution in [1.29, 1.82) is 0 Å². The van der Waals surface area contributed by atoms with E-state index >= 15 is 0 Å². The van der Waals surface area contributed by atoms with Crippen molar-refractivity contribution in [1.82, 2.24) is 10.2 Å². The van der Waals surface area contributed by atoms with E-state index in [0.717, 1.165) is 16.6 Å². The Morgan fingerprint density at radius 1 is 1.40 bits per heavy atom. The minimum atomic E-state index is 0.222. The third-order valence-electron chi connectivity index (χ3n) is 2.18. The van der Waals surface area contributed by atoms with Crippen molar-refractivity contribution in [3.8, 4) is 0 Å². The van der Waals surface area contributed by atoms with Gasteiger partial charge in [-0.3, -0.25) is 0 Å². The SMILES string of the molecule is CC(CCl)Nc1cnnc2ccccc12. The van der Waals surface area contributed by atoms with Crippen LogP contribution in [0.5, 0.6) is 0 Å². The Bertz CT molecular complexity index is 453. The number of alkyl halides is 1. The largest absolute Gasteiger partial charge is 0.380 e. The highest BCUT2D eigenvalue weighted by atomic mass is 35.5. The topological polar surface area (TPSA) is 37.8 Å². The third kappa shape index (κ3) is 2.18. The van der Waals surface area contributed by atoms with Gasteiger partial charge in [0.05, 0.1) is 17.4 Å². The minimum absolute atomic E-state index is 0.222. The fraction of sp³-hybridized carbons (Fsp3) is 0.273. The zero-order valence-electron chi connectivity index (χ0n) is 8.44. The molecule has 1 unspecified atom stereocenters. The van der Waals surface area contributed by atoms with Gasteiger partial charge in [0, 0.05) is 17.3 Å². The number of hydrogen-bond acceptors (Lipinski definition) is 3. The predicted octanol–water partition coefficient (Wildman–Crippen LogP) is 2.67. The van der Waals surface area contributed by atoms with E-state index in [1.807, 2.05) is 31.2 Å². The molecule has 2 aromatic rings. The second kappa shape index (κ2) is 4.45. The molecule has 1 atom stereocenters. The first-order valence-corrected chi connectivity index (χ1v) is 5.37. The minimum Gasteiger partial charge on any atom is -0.380 e. The molecule has 0 saturated carbocycles. The van der Waals surface area contributed by atoms with Gasteiger partial charge in [0.15, 0.2) is 0 Å². The van der Waals surface area contributed by atoms with Gasteiger partial charge in [0.2, 0.25) is 0 Å². The van der Waals surface area contributed by atoms with Crippen LogP contribution in [0.4, 0.5) is 5.69 Å². The first-order valence-electron chi connectivity index (χ1n) is 4.84. The summed E-state index contributed by atoms with van der Waals surface area (Å²) < 4.78 is 0. The number of benzene rings is 1. The number of nitrogens with one attached hydrogen (secondary N) is 1. The summed E-state index contributed by atoms with van der Waals surface area (Å²) in [6.45, 7) is 2.03. The molecule has 0 radical (unpaired) electrons. The van der Waals surface area contributed by atoms with E-state index in [-0.39, 0.29) is 6.04 Å². The molecule has 0 aliphatic carbocycles. The van der Waals surface area contributed by atoms with Crippen molar-refractivity contribution in [2.24, 2.45) is 0 Å². The van der Waals surface area contributed by atoms with Crippen LogP contribution in [0, 0.1) is 0 Å². The molecule has 0 aliphatic rings. The summed E-state index contributed by atoms with van der Waals surface area (Å²) in [4.78, 5) is 0. The number of rotatable bonds is 3. The molecule has 0 aliphatic heterocycles. The number of anilines is 1. The van der Waals surface area contributed by atoms with Crippen LogP contribution in [-0.2, 0) is 0 Å². The maximum Gasteiger partial charge on any atom is 0.0950 e. The number of nitrogens with zero attached hydrogens (tertiary/aromatic N) is 2. The van der Waals surface area contributed by atoms with Crippen molar-refractivity contribution >= 4 is 28.2 Å². The second-order valence-corrected chi connectivity index (χ2v) is 3.78. The second-order valence-electron chi connectivity index (χ2n) is 3.48. The summed E-state index contributed by atoms with van der Waals surface area (Å²) in [5.41, 5.74) is 1.87. The average Bonchev–Trinajstić information content (AvgIpc) is 2.29. The lowest BCUT2D eigenvalue weighted by Crippen LogP contribution is -2.16. The van der Waals surface area contributed by atoms with Crippen molar-refractivity contribution in [3.63, 3.8) is 0 Å². The zero-order valence-corrected chi connectivity index (χ0v) is 9.20. The van der Waals surface area contributed by atoms with Crippen LogP contribution >= 0.6 is 11.6 Å². The summed E-state index contributed by atoms with van der Waals surface area (Å²) >= 11 is 5.75. The maximum absolute atomic E-state index is 5.75. The Balaban J connectivity index is 2.42. The lowest BCUT2D eigenvalue weighted by atomic mass is 10.2. The lowest BCUT2D eigenvalue weighted by molar-refractivity contribution is 0.905. The van der Waals surface area contributed by atoms with Crippen LogP contribution in [0.3, 0.4) is 0 Å². The highest BCUT2D eigenvalue weighted by molar-refractivity contribution is 6.18. The van der Waals surface area contributed by atoms with Gasteiger partial charge in [-0.2, -0.15) is 10.2 Å². The fourth-order valence-corrected chi connectivity index (χ4v) is 1.50. The van der Waals surface area contributed by atoms with E-state index in [1.54, 1.807) is 6.20 Å². The number of hydrogen-bond donors (Lipinski definition) is 1. The standard InChI is InChI=1S/C11H12ClN3/c1-8(6-12)14-11-7-13-15-10-5-3-2-4-9(10)11/h2-5,7-8H,6H2,1H3,(H,14,15). The first kappa shape index (κ1) is 10.2. The Kier molecular flexibility index (Phi) is 3.02. The van der Waals surface area contributed by atoms with Gasteiger partial charge in [0.25, 0.3) is 0 Å². The predicted molar refractivity (Wildman–Crippen MR) is 63.3 cm³/mol. The molecule has 1 heterocycles. The third-order valence-corrected chi connectivity index (χ3v) is 2.64. The highest BCUT2D eigenvalue weighted by Gasteiger charge is 2.04. The Labute approximate surface area is 93.5 Å². The van der Waals surface area contributed by atoms with E-state index in [2.05, 4.69) is 15.5 Å². The molecule has 1 N–H and O–H groups in total.